The molecule has 2 unspecified atom stereocenters. The molecule has 2 heterocycles. The van der Waals surface area contributed by atoms with Crippen LogP contribution in [0.3, 0.4) is 0 Å². The largest absolute Gasteiger partial charge is 0.480 e. The minimum absolute atomic E-state index is 0.0576. The third-order valence-electron chi connectivity index (χ3n) is 13.5. The Morgan fingerprint density at radius 1 is 0.627 bits per heavy atom. The maximum Gasteiger partial charge on any atom is 0.326 e. The topological polar surface area (TPSA) is 343 Å². The Kier molecular flexibility index (Phi) is 24.5. The molecule has 2 aromatic carbocycles. The van der Waals surface area contributed by atoms with Crippen molar-refractivity contribution in [2.45, 2.75) is 82.3 Å². The van der Waals surface area contributed by atoms with Gasteiger partial charge in [0.15, 0.2) is 0 Å². The molecule has 5 amide bonds. The molecule has 1 saturated carbocycles. The van der Waals surface area contributed by atoms with E-state index in [4.69, 9.17) is 12.2 Å². The number of nitrogens with zero attached hydrogens (tertiary/aromatic N) is 4. The summed E-state index contributed by atoms with van der Waals surface area (Å²) in [7, 11) is 0. The van der Waals surface area contributed by atoms with Crippen LogP contribution in [0.5, 0.6) is 0 Å². The number of hydrogen-bond donors (Lipinski definition) is 9. The Labute approximate surface area is 442 Å². The number of benzene rings is 2. The average molecular weight is 1110 g/mol. The number of aliphatic carboxylic acids is 4. The van der Waals surface area contributed by atoms with Crippen LogP contribution in [0.1, 0.15) is 63.4 Å². The number of carboxylic acid groups (broad SMARTS) is 4. The van der Waals surface area contributed by atoms with E-state index in [-0.39, 0.29) is 75.6 Å². The van der Waals surface area contributed by atoms with Crippen LogP contribution in [-0.2, 0) is 56.6 Å². The molecule has 5 atom stereocenters. The van der Waals surface area contributed by atoms with Crippen LogP contribution < -0.4 is 26.6 Å². The van der Waals surface area contributed by atoms with Crippen LogP contribution >= 0.6 is 0 Å². The molecule has 2 aliphatic heterocycles. The summed E-state index contributed by atoms with van der Waals surface area (Å²) < 4.78 is 10.6. The van der Waals surface area contributed by atoms with Gasteiger partial charge < -0.3 is 36.6 Å². The van der Waals surface area contributed by atoms with Crippen molar-refractivity contribution in [3.05, 3.63) is 48.0 Å². The molecule has 3 aliphatic rings. The molecular weight excluding hydrogens is 1040 g/mol. The summed E-state index contributed by atoms with van der Waals surface area (Å²) in [6.45, 7) is 3.38. The molecule has 75 heavy (non-hydrogen) atoms. The first kappa shape index (κ1) is 59.6. The Balaban J connectivity index is 1.11. The Bertz CT molecular complexity index is 2290. The molecule has 9 N–H and O–H groups in total. The number of carbonyl (C=O) groups is 10. The van der Waals surface area contributed by atoms with Crippen molar-refractivity contribution >= 4 is 88.5 Å². The zero-order valence-electron chi connectivity index (χ0n) is 42.0. The van der Waals surface area contributed by atoms with Crippen LogP contribution in [0.15, 0.2) is 42.5 Å². The second kappa shape index (κ2) is 30.9. The second-order valence-electron chi connectivity index (χ2n) is 19.2. The fraction of sp³-hybridized carbons (Fsp3) is 0.592. The van der Waals surface area contributed by atoms with E-state index in [0.717, 1.165) is 16.3 Å². The predicted octanol–water partition coefficient (Wildman–Crippen LogP) is -0.913. The Morgan fingerprint density at radius 3 is 1.77 bits per heavy atom. The molecule has 26 heteroatoms. The zero-order chi connectivity index (χ0) is 54.3. The number of nitrogens with one attached hydrogen (secondary N) is 5. The van der Waals surface area contributed by atoms with Gasteiger partial charge in [0.1, 0.15) is 18.1 Å². The number of carbonyl (C=O) groups excluding carboxylic acids is 6. The van der Waals surface area contributed by atoms with Crippen molar-refractivity contribution in [1.29, 1.82) is 0 Å². The SMILES string of the molecule is O=C(O)CC[C@H](NC(=O)N[C@@H](CCCCNC(=O)[C@H](Cc1ccc2ccccc2c1)NC(=O)C1CCC(CNC(=O)CN2CCN3CCN(CC(=O)O)CCN(CC2)CC(=O)[O][68Ga][O]C(=O)C3)CC1)C(=O)O)C(=O)O. The molecule has 2 saturated heterocycles. The van der Waals surface area contributed by atoms with Crippen LogP contribution in [0.2, 0.25) is 0 Å². The number of carboxylic acids is 4. The van der Waals surface area contributed by atoms with E-state index in [1.807, 2.05) is 57.2 Å². The number of rotatable bonds is 23. The maximum absolute atomic E-state index is 13.9. The smallest absolute Gasteiger partial charge is 0.326 e. The van der Waals surface area contributed by atoms with E-state index in [0.29, 0.717) is 91.0 Å². The van der Waals surface area contributed by atoms with Gasteiger partial charge in [-0.3, -0.25) is 14.4 Å². The van der Waals surface area contributed by atoms with Crippen LogP contribution in [0.25, 0.3) is 10.8 Å². The number of fused-ring (bicyclic) bond motifs is 7. The molecule has 409 valence electrons. The number of unbranched alkanes of at least 4 members (excludes halogenated alkanes) is 1. The molecule has 5 rings (SSSR count). The van der Waals surface area contributed by atoms with E-state index < -0.39 is 96.9 Å². The number of urea groups is 1. The predicted molar refractivity (Wildman–Crippen MR) is 268 cm³/mol. The zero-order valence-corrected chi connectivity index (χ0v) is 44.4. The molecule has 0 aromatic heterocycles. The summed E-state index contributed by atoms with van der Waals surface area (Å²) in [6, 6.07) is 8.56. The van der Waals surface area contributed by atoms with Gasteiger partial charge in [0, 0.05) is 25.3 Å². The molecule has 25 nitrogen and oxygen atoms in total. The van der Waals surface area contributed by atoms with Gasteiger partial charge in [0.25, 0.3) is 0 Å². The van der Waals surface area contributed by atoms with Crippen LogP contribution in [-0.4, -0.2) is 227 Å². The normalized spacial score (nSPS) is 21.3. The van der Waals surface area contributed by atoms with Gasteiger partial charge in [-0.25, -0.2) is 14.4 Å². The minimum atomic E-state index is -2.04. The minimum Gasteiger partial charge on any atom is -0.480 e. The van der Waals surface area contributed by atoms with Crippen LogP contribution in [0, 0.1) is 11.8 Å². The van der Waals surface area contributed by atoms with Crippen molar-refractivity contribution in [2.24, 2.45) is 11.8 Å². The summed E-state index contributed by atoms with van der Waals surface area (Å²) >= 11 is -2.04. The quantitative estimate of drug-likeness (QED) is 0.0369. The molecule has 1 aliphatic carbocycles. The third kappa shape index (κ3) is 21.8. The van der Waals surface area contributed by atoms with E-state index in [1.54, 1.807) is 4.90 Å². The van der Waals surface area contributed by atoms with Crippen molar-refractivity contribution in [1.82, 2.24) is 46.2 Å². The van der Waals surface area contributed by atoms with Gasteiger partial charge in [-0.1, -0.05) is 42.5 Å². The Hall–Kier alpha value is -6.32. The van der Waals surface area contributed by atoms with Crippen molar-refractivity contribution in [2.75, 3.05) is 91.6 Å². The van der Waals surface area contributed by atoms with Crippen molar-refractivity contribution in [3.63, 3.8) is 0 Å². The van der Waals surface area contributed by atoms with E-state index in [9.17, 15) is 63.3 Å². The van der Waals surface area contributed by atoms with E-state index in [2.05, 4.69) is 26.6 Å². The first-order chi connectivity index (χ1) is 35.9. The monoisotopic (exact) mass is 1110 g/mol. The standard InChI is InChI=1S/C49H71N9O16.Ga/c59-40(28-55-17-19-56(29-42(62)63)21-23-58(31-44(66)67)24-22-57(20-18-55)30-43(64)65)51-27-32-8-12-35(13-9-32)45(68)52-39(26-33-10-11-34-5-1-2-6-36(34)25-33)46(69)50-16-4-3-7-37(47(70)71)53-49(74)54-38(48(72)73)14-15-41(60)61;/h1-2,5-6,10-11,25,32,35,37-39H,3-4,7-9,12-24,26-31H2,(H,50,69)(H,51,59)(H,52,68)(H,60,61)(H,62,63)(H,64,65)(H,66,67)(H,70,71)(H,72,73)(H2,53,54,74);/q;+2/p-2/t32?,35?,37-,38-,39-;/m0./s1/i;1-2. The van der Waals surface area contributed by atoms with Gasteiger partial charge in [-0.05, 0) is 67.7 Å². The maximum atomic E-state index is 13.9. The fourth-order valence-corrected chi connectivity index (χ4v) is 10.0. The summed E-state index contributed by atoms with van der Waals surface area (Å²) in [5.74, 6) is -7.37. The summed E-state index contributed by atoms with van der Waals surface area (Å²) in [6.07, 6.45) is 2.10. The van der Waals surface area contributed by atoms with Gasteiger partial charge >= 0.3 is 213 Å². The molecule has 3 fully saturated rings. The summed E-state index contributed by atoms with van der Waals surface area (Å²) in [5, 5.41) is 52.5. The second-order valence-corrected chi connectivity index (χ2v) is 20.6. The summed E-state index contributed by atoms with van der Waals surface area (Å²) in [5.41, 5.74) is 0.818. The number of amides is 5. The van der Waals surface area contributed by atoms with Gasteiger partial charge in [-0.15, -0.1) is 0 Å². The molecule has 1 radical (unpaired) electrons. The van der Waals surface area contributed by atoms with E-state index in [1.165, 1.54) is 0 Å². The fourth-order valence-electron chi connectivity index (χ4n) is 9.17. The van der Waals surface area contributed by atoms with Gasteiger partial charge in [-0.2, -0.15) is 0 Å². The molecule has 0 spiro atoms. The van der Waals surface area contributed by atoms with Crippen LogP contribution in [0.4, 0.5) is 4.79 Å². The number of hydrogen-bond acceptors (Lipinski definition) is 16. The summed E-state index contributed by atoms with van der Waals surface area (Å²) in [4.78, 5) is 132. The molecule has 2 bridgehead atoms. The van der Waals surface area contributed by atoms with Gasteiger partial charge in [0.2, 0.25) is 11.8 Å². The first-order valence-corrected chi connectivity index (χ1v) is 27.3. The Morgan fingerprint density at radius 2 is 1.20 bits per heavy atom. The molecule has 2 aromatic rings. The molecular formula is C49H69GaN9O16. The van der Waals surface area contributed by atoms with Crippen molar-refractivity contribution < 1.29 is 75.4 Å². The van der Waals surface area contributed by atoms with Crippen molar-refractivity contribution in [3.8, 4) is 0 Å². The average Bonchev–Trinajstić information content (AvgIpc) is 3.36. The third-order valence-corrected chi connectivity index (χ3v) is 15.0. The van der Waals surface area contributed by atoms with E-state index >= 15 is 0 Å². The first-order valence-electron chi connectivity index (χ1n) is 25.3. The van der Waals surface area contributed by atoms with Gasteiger partial charge in [0.05, 0.1) is 0 Å².